The monoisotopic (exact) mass is 385 g/mol. The summed E-state index contributed by atoms with van der Waals surface area (Å²) in [4.78, 5) is 24.5. The fourth-order valence-corrected chi connectivity index (χ4v) is 4.37. The number of benzene rings is 1. The van der Waals surface area contributed by atoms with Crippen molar-refractivity contribution < 1.29 is 22.7 Å². The van der Waals surface area contributed by atoms with E-state index in [1.807, 2.05) is 4.90 Å². The number of carbonyl (C=O) groups excluding carboxylic acids is 2. The summed E-state index contributed by atoms with van der Waals surface area (Å²) < 4.78 is 33.6. The van der Waals surface area contributed by atoms with E-state index in [-0.39, 0.29) is 15.5 Å². The molecule has 0 bridgehead atoms. The summed E-state index contributed by atoms with van der Waals surface area (Å²) in [7, 11) is -3.94. The average molecular weight is 386 g/mol. The second kappa shape index (κ2) is 6.64. The quantitative estimate of drug-likeness (QED) is 0.786. The van der Waals surface area contributed by atoms with Crippen molar-refractivity contribution in [2.24, 2.45) is 10.1 Å². The average Bonchev–Trinajstić information content (AvgIpc) is 2.76. The van der Waals surface area contributed by atoms with Crippen molar-refractivity contribution in [2.45, 2.75) is 30.6 Å². The van der Waals surface area contributed by atoms with Crippen molar-refractivity contribution in [1.29, 1.82) is 0 Å². The fraction of sp³-hybridized carbons (Fsp3) is 0.400. The highest BCUT2D eigenvalue weighted by atomic mass is 35.5. The van der Waals surface area contributed by atoms with Gasteiger partial charge in [-0.3, -0.25) is 4.79 Å². The number of primary amides is 1. The Morgan fingerprint density at radius 3 is 2.76 bits per heavy atom. The molecule has 8 nitrogen and oxygen atoms in total. The van der Waals surface area contributed by atoms with Crippen molar-refractivity contribution in [3.05, 3.63) is 22.7 Å². The minimum atomic E-state index is -3.94. The smallest absolute Gasteiger partial charge is 0.340 e. The summed E-state index contributed by atoms with van der Waals surface area (Å²) in [5.74, 6) is -1.26. The third kappa shape index (κ3) is 3.47. The lowest BCUT2D eigenvalue weighted by Gasteiger charge is -2.30. The summed E-state index contributed by atoms with van der Waals surface area (Å²) in [6, 6.07) is 2.57. The second-order valence-corrected chi connectivity index (χ2v) is 7.77. The van der Waals surface area contributed by atoms with Crippen LogP contribution in [0.25, 0.3) is 0 Å². The van der Waals surface area contributed by atoms with Crippen LogP contribution in [0.3, 0.4) is 0 Å². The molecule has 2 heterocycles. The van der Waals surface area contributed by atoms with Crippen LogP contribution >= 0.6 is 11.6 Å². The number of rotatable bonds is 3. The van der Waals surface area contributed by atoms with Crippen LogP contribution in [0.4, 0.5) is 5.69 Å². The van der Waals surface area contributed by atoms with Gasteiger partial charge in [0, 0.05) is 13.0 Å². The highest BCUT2D eigenvalue weighted by Gasteiger charge is 2.33. The lowest BCUT2D eigenvalue weighted by Crippen LogP contribution is -2.35. The molecule has 2 aliphatic rings. The zero-order valence-corrected chi connectivity index (χ0v) is 14.8. The Kier molecular flexibility index (Phi) is 4.70. The minimum Gasteiger partial charge on any atom is -0.452 e. The van der Waals surface area contributed by atoms with Crippen molar-refractivity contribution in [3.63, 3.8) is 0 Å². The van der Waals surface area contributed by atoms with Gasteiger partial charge in [-0.05, 0) is 25.0 Å². The molecule has 0 aliphatic carbocycles. The number of hydrogen-bond acceptors (Lipinski definition) is 6. The number of carbonyl (C=O) groups is 2. The molecule has 1 aromatic carbocycles. The van der Waals surface area contributed by atoms with Crippen LogP contribution in [0, 0.1) is 0 Å². The van der Waals surface area contributed by atoms with E-state index in [9.17, 15) is 18.0 Å². The van der Waals surface area contributed by atoms with E-state index in [0.717, 1.165) is 25.3 Å². The molecule has 25 heavy (non-hydrogen) atoms. The van der Waals surface area contributed by atoms with E-state index in [1.54, 1.807) is 0 Å². The highest BCUT2D eigenvalue weighted by Crippen LogP contribution is 2.38. The molecule has 1 amide bonds. The van der Waals surface area contributed by atoms with Crippen LogP contribution in [0.2, 0.25) is 5.02 Å². The van der Waals surface area contributed by atoms with E-state index < -0.39 is 28.5 Å². The Labute approximate surface area is 149 Å². The number of anilines is 1. The molecule has 1 aromatic rings. The van der Waals surface area contributed by atoms with Gasteiger partial charge in [0.25, 0.3) is 15.9 Å². The maximum absolute atomic E-state index is 12.5. The zero-order valence-electron chi connectivity index (χ0n) is 13.2. The normalized spacial score (nSPS) is 18.4. The SMILES string of the molecule is NC(=O)COC(=O)c1cc2c(cc1Cl)N1CCCCCC1=NS2(=O)=O. The van der Waals surface area contributed by atoms with Gasteiger partial charge < -0.3 is 15.4 Å². The number of fused-ring (bicyclic) bond motifs is 3. The lowest BCUT2D eigenvalue weighted by atomic mass is 10.1. The molecule has 0 atom stereocenters. The van der Waals surface area contributed by atoms with Crippen LogP contribution in [0.15, 0.2) is 21.4 Å². The Balaban J connectivity index is 2.06. The predicted octanol–water partition coefficient (Wildman–Crippen LogP) is 1.46. The van der Waals surface area contributed by atoms with Gasteiger partial charge in [0.05, 0.1) is 16.3 Å². The Bertz CT molecular complexity index is 881. The molecule has 3 rings (SSSR count). The van der Waals surface area contributed by atoms with Crippen molar-refractivity contribution in [2.75, 3.05) is 18.1 Å². The van der Waals surface area contributed by atoms with Gasteiger partial charge in [-0.2, -0.15) is 8.42 Å². The van der Waals surface area contributed by atoms with Gasteiger partial charge in [0.1, 0.15) is 10.7 Å². The molecule has 0 spiro atoms. The van der Waals surface area contributed by atoms with Crippen LogP contribution in [-0.2, 0) is 19.6 Å². The molecule has 0 unspecified atom stereocenters. The number of halogens is 1. The zero-order chi connectivity index (χ0) is 18.2. The molecule has 0 aromatic heterocycles. The van der Waals surface area contributed by atoms with E-state index in [1.165, 1.54) is 6.07 Å². The first-order valence-corrected chi connectivity index (χ1v) is 9.52. The first-order valence-electron chi connectivity index (χ1n) is 7.70. The van der Waals surface area contributed by atoms with Crippen LogP contribution in [0.5, 0.6) is 0 Å². The summed E-state index contributed by atoms with van der Waals surface area (Å²) in [5.41, 5.74) is 5.18. The summed E-state index contributed by atoms with van der Waals surface area (Å²) in [6.45, 7) is 0.0105. The van der Waals surface area contributed by atoms with Crippen LogP contribution in [0.1, 0.15) is 36.0 Å². The Hall–Kier alpha value is -2.13. The van der Waals surface area contributed by atoms with Gasteiger partial charge >= 0.3 is 5.97 Å². The largest absolute Gasteiger partial charge is 0.452 e. The molecule has 10 heteroatoms. The number of nitrogens with two attached hydrogens (primary N) is 1. The summed E-state index contributed by atoms with van der Waals surface area (Å²) in [5, 5.41) is 0.0360. The summed E-state index contributed by atoms with van der Waals surface area (Å²) in [6.07, 6.45) is 3.32. The van der Waals surface area contributed by atoms with Gasteiger partial charge in [-0.1, -0.05) is 18.0 Å². The molecule has 0 saturated carbocycles. The minimum absolute atomic E-state index is 0.0360. The number of hydrogen-bond donors (Lipinski definition) is 1. The third-order valence-electron chi connectivity index (χ3n) is 4.00. The Morgan fingerprint density at radius 1 is 1.28 bits per heavy atom. The number of nitrogens with zero attached hydrogens (tertiary/aromatic N) is 2. The van der Waals surface area contributed by atoms with Crippen molar-refractivity contribution in [1.82, 2.24) is 0 Å². The first kappa shape index (κ1) is 17.7. The topological polar surface area (TPSA) is 119 Å². The molecule has 1 saturated heterocycles. The maximum atomic E-state index is 12.5. The van der Waals surface area contributed by atoms with E-state index in [4.69, 9.17) is 22.1 Å². The number of esters is 1. The van der Waals surface area contributed by atoms with E-state index >= 15 is 0 Å². The molecular formula is C15H16ClN3O5S. The lowest BCUT2D eigenvalue weighted by molar-refractivity contribution is -0.121. The van der Waals surface area contributed by atoms with E-state index in [2.05, 4.69) is 4.40 Å². The van der Waals surface area contributed by atoms with Crippen molar-refractivity contribution in [3.8, 4) is 0 Å². The number of sulfonamides is 1. The molecule has 1 fully saturated rings. The number of amides is 1. The second-order valence-electron chi connectivity index (χ2n) is 5.79. The van der Waals surface area contributed by atoms with Crippen LogP contribution < -0.4 is 10.6 Å². The van der Waals surface area contributed by atoms with Crippen LogP contribution in [-0.4, -0.2) is 39.3 Å². The van der Waals surface area contributed by atoms with Gasteiger partial charge in [-0.15, -0.1) is 4.40 Å². The van der Waals surface area contributed by atoms with Gasteiger partial charge in [0.2, 0.25) is 0 Å². The van der Waals surface area contributed by atoms with E-state index in [0.29, 0.717) is 24.5 Å². The first-order chi connectivity index (χ1) is 11.8. The molecule has 134 valence electrons. The van der Waals surface area contributed by atoms with Crippen molar-refractivity contribution >= 4 is 45.0 Å². The number of amidine groups is 1. The van der Waals surface area contributed by atoms with Gasteiger partial charge in [0.15, 0.2) is 6.61 Å². The summed E-state index contributed by atoms with van der Waals surface area (Å²) >= 11 is 6.16. The molecule has 2 N–H and O–H groups in total. The standard InChI is InChI=1S/C15H16ClN3O5S/c16-10-7-11-12(6-9(10)15(21)24-8-13(17)20)25(22,23)18-14-4-2-1-3-5-19(11)14/h6-7H,1-5,8H2,(H2,17,20). The molecule has 2 aliphatic heterocycles. The number of ether oxygens (including phenoxy) is 1. The highest BCUT2D eigenvalue weighted by molar-refractivity contribution is 7.90. The fourth-order valence-electron chi connectivity index (χ4n) is 2.87. The Morgan fingerprint density at radius 2 is 2.04 bits per heavy atom. The predicted molar refractivity (Wildman–Crippen MR) is 91.4 cm³/mol. The van der Waals surface area contributed by atoms with Gasteiger partial charge in [-0.25, -0.2) is 4.79 Å². The molecular weight excluding hydrogens is 370 g/mol. The third-order valence-corrected chi connectivity index (χ3v) is 5.65. The molecule has 0 radical (unpaired) electrons. The maximum Gasteiger partial charge on any atom is 0.340 e.